The Balaban J connectivity index is 2.12. The van der Waals surface area contributed by atoms with Crippen LogP contribution < -0.4 is 19.7 Å². The second kappa shape index (κ2) is 9.07. The van der Waals surface area contributed by atoms with Crippen molar-refractivity contribution >= 4 is 23.2 Å². The summed E-state index contributed by atoms with van der Waals surface area (Å²) >= 11 is 0. The van der Waals surface area contributed by atoms with Crippen molar-refractivity contribution in [2.24, 2.45) is 0 Å². The summed E-state index contributed by atoms with van der Waals surface area (Å²) < 4.78 is 10.5. The number of anilines is 2. The molecule has 0 aromatic heterocycles. The summed E-state index contributed by atoms with van der Waals surface area (Å²) in [6.45, 7) is 5.72. The summed E-state index contributed by atoms with van der Waals surface area (Å²) in [5.74, 6) is 0.854. The molecule has 27 heavy (non-hydrogen) atoms. The molecule has 2 aromatic rings. The summed E-state index contributed by atoms with van der Waals surface area (Å²) in [5, 5.41) is 2.83. The zero-order valence-corrected chi connectivity index (χ0v) is 16.5. The van der Waals surface area contributed by atoms with Crippen LogP contribution in [0.25, 0.3) is 0 Å². The molecule has 0 unspecified atom stereocenters. The molecule has 1 N–H and O–H groups in total. The zero-order valence-electron chi connectivity index (χ0n) is 16.5. The number of para-hydroxylation sites is 1. The molecule has 0 bridgehead atoms. The van der Waals surface area contributed by atoms with Crippen LogP contribution in [0.3, 0.4) is 0 Å². The average Bonchev–Trinajstić information content (AvgIpc) is 2.63. The first-order valence-corrected chi connectivity index (χ1v) is 8.73. The van der Waals surface area contributed by atoms with Crippen molar-refractivity contribution in [2.75, 3.05) is 31.0 Å². The van der Waals surface area contributed by atoms with E-state index in [1.165, 1.54) is 14.0 Å². The van der Waals surface area contributed by atoms with Gasteiger partial charge in [-0.3, -0.25) is 9.59 Å². The molecule has 2 aromatic carbocycles. The maximum absolute atomic E-state index is 12.5. The number of aryl methyl sites for hydroxylation is 2. The van der Waals surface area contributed by atoms with Crippen LogP contribution in [-0.2, 0) is 9.59 Å². The van der Waals surface area contributed by atoms with Crippen LogP contribution in [0, 0.1) is 13.8 Å². The Kier molecular flexibility index (Phi) is 6.82. The molecule has 0 heterocycles. The van der Waals surface area contributed by atoms with Gasteiger partial charge in [-0.1, -0.05) is 18.2 Å². The number of ether oxygens (including phenoxy) is 2. The number of rotatable bonds is 7. The van der Waals surface area contributed by atoms with Gasteiger partial charge in [0.05, 0.1) is 19.9 Å². The van der Waals surface area contributed by atoms with Gasteiger partial charge in [0.2, 0.25) is 11.8 Å². The van der Waals surface area contributed by atoms with Crippen molar-refractivity contribution in [2.45, 2.75) is 27.2 Å². The lowest BCUT2D eigenvalue weighted by Crippen LogP contribution is -2.33. The Bertz CT molecular complexity index is 813. The third-order valence-electron chi connectivity index (χ3n) is 4.33. The molecule has 0 spiro atoms. The quantitative estimate of drug-likeness (QED) is 0.807. The molecule has 6 nitrogen and oxygen atoms in total. The Morgan fingerprint density at radius 3 is 2.26 bits per heavy atom. The van der Waals surface area contributed by atoms with Crippen LogP contribution in [0.4, 0.5) is 11.4 Å². The second-order valence-electron chi connectivity index (χ2n) is 6.28. The van der Waals surface area contributed by atoms with Crippen molar-refractivity contribution in [3.63, 3.8) is 0 Å². The molecule has 6 heteroatoms. The Labute approximate surface area is 160 Å². The SMILES string of the molecule is COc1ccc(OC)c(NC(=O)CCN(C(C)=O)c2c(C)cccc2C)c1. The summed E-state index contributed by atoms with van der Waals surface area (Å²) in [6.07, 6.45) is 0.160. The lowest BCUT2D eigenvalue weighted by molar-refractivity contribution is -0.117. The Morgan fingerprint density at radius 1 is 1.04 bits per heavy atom. The maximum Gasteiger partial charge on any atom is 0.226 e. The van der Waals surface area contributed by atoms with E-state index in [4.69, 9.17) is 9.47 Å². The number of carbonyl (C=O) groups is 2. The first kappa shape index (κ1) is 20.3. The van der Waals surface area contributed by atoms with E-state index in [1.54, 1.807) is 30.2 Å². The molecule has 0 saturated carbocycles. The van der Waals surface area contributed by atoms with Gasteiger partial charge in [0.15, 0.2) is 0 Å². The van der Waals surface area contributed by atoms with Gasteiger partial charge in [-0.25, -0.2) is 0 Å². The van der Waals surface area contributed by atoms with Gasteiger partial charge in [0, 0.05) is 31.6 Å². The number of carbonyl (C=O) groups excluding carboxylic acids is 2. The summed E-state index contributed by atoms with van der Waals surface area (Å²) in [5.41, 5.74) is 3.39. The highest BCUT2D eigenvalue weighted by molar-refractivity contribution is 5.96. The normalized spacial score (nSPS) is 10.3. The predicted octanol–water partition coefficient (Wildman–Crippen LogP) is 3.70. The average molecular weight is 370 g/mol. The first-order chi connectivity index (χ1) is 12.9. The fourth-order valence-electron chi connectivity index (χ4n) is 3.00. The molecule has 2 rings (SSSR count). The molecule has 144 valence electrons. The van der Waals surface area contributed by atoms with Crippen LogP contribution in [0.5, 0.6) is 11.5 Å². The second-order valence-corrected chi connectivity index (χ2v) is 6.28. The monoisotopic (exact) mass is 370 g/mol. The number of methoxy groups -OCH3 is 2. The fraction of sp³-hybridized carbons (Fsp3) is 0.333. The smallest absolute Gasteiger partial charge is 0.226 e. The molecule has 0 fully saturated rings. The number of nitrogens with zero attached hydrogens (tertiary/aromatic N) is 1. The van der Waals surface area contributed by atoms with Gasteiger partial charge in [-0.15, -0.1) is 0 Å². The van der Waals surface area contributed by atoms with E-state index >= 15 is 0 Å². The summed E-state index contributed by atoms with van der Waals surface area (Å²) in [7, 11) is 3.10. The summed E-state index contributed by atoms with van der Waals surface area (Å²) in [4.78, 5) is 26.3. The van der Waals surface area contributed by atoms with Crippen LogP contribution in [0.1, 0.15) is 24.5 Å². The van der Waals surface area contributed by atoms with Gasteiger partial charge in [0.1, 0.15) is 11.5 Å². The van der Waals surface area contributed by atoms with E-state index in [0.717, 1.165) is 16.8 Å². The lowest BCUT2D eigenvalue weighted by Gasteiger charge is -2.25. The highest BCUT2D eigenvalue weighted by Crippen LogP contribution is 2.29. The van der Waals surface area contributed by atoms with Crippen LogP contribution in [0.15, 0.2) is 36.4 Å². The third kappa shape index (κ3) is 5.00. The van der Waals surface area contributed by atoms with Crippen LogP contribution >= 0.6 is 0 Å². The fourth-order valence-corrected chi connectivity index (χ4v) is 3.00. The van der Waals surface area contributed by atoms with Gasteiger partial charge in [0.25, 0.3) is 0 Å². The number of nitrogens with one attached hydrogen (secondary N) is 1. The first-order valence-electron chi connectivity index (χ1n) is 8.73. The van der Waals surface area contributed by atoms with E-state index in [0.29, 0.717) is 23.7 Å². The van der Waals surface area contributed by atoms with E-state index in [1.807, 2.05) is 32.0 Å². The predicted molar refractivity (Wildman–Crippen MR) is 107 cm³/mol. The maximum atomic E-state index is 12.5. The minimum absolute atomic E-state index is 0.0980. The van der Waals surface area contributed by atoms with Crippen molar-refractivity contribution in [3.8, 4) is 11.5 Å². The topological polar surface area (TPSA) is 67.9 Å². The standard InChI is InChI=1S/C21H26N2O4/c1-14-7-6-8-15(2)21(14)23(16(3)24)12-11-20(25)22-18-13-17(26-4)9-10-19(18)27-5/h6-10,13H,11-12H2,1-5H3,(H,22,25). The highest BCUT2D eigenvalue weighted by Gasteiger charge is 2.18. The molecular weight excluding hydrogens is 344 g/mol. The van der Waals surface area contributed by atoms with Crippen molar-refractivity contribution in [1.82, 2.24) is 0 Å². The van der Waals surface area contributed by atoms with Crippen LogP contribution in [0.2, 0.25) is 0 Å². The Morgan fingerprint density at radius 2 is 1.70 bits per heavy atom. The molecular formula is C21H26N2O4. The van der Waals surface area contributed by atoms with Gasteiger partial charge in [-0.05, 0) is 37.1 Å². The van der Waals surface area contributed by atoms with Crippen molar-refractivity contribution < 1.29 is 19.1 Å². The molecule has 0 radical (unpaired) electrons. The Hall–Kier alpha value is -3.02. The zero-order chi connectivity index (χ0) is 20.0. The molecule has 0 saturated heterocycles. The largest absolute Gasteiger partial charge is 0.497 e. The summed E-state index contributed by atoms with van der Waals surface area (Å²) in [6, 6.07) is 11.1. The van der Waals surface area contributed by atoms with Crippen LogP contribution in [-0.4, -0.2) is 32.6 Å². The van der Waals surface area contributed by atoms with Crippen molar-refractivity contribution in [1.29, 1.82) is 0 Å². The van der Waals surface area contributed by atoms with Crippen molar-refractivity contribution in [3.05, 3.63) is 47.5 Å². The molecule has 0 aliphatic carbocycles. The number of benzene rings is 2. The molecule has 0 aliphatic heterocycles. The van der Waals surface area contributed by atoms with E-state index in [9.17, 15) is 9.59 Å². The van der Waals surface area contributed by atoms with E-state index < -0.39 is 0 Å². The number of hydrogen-bond acceptors (Lipinski definition) is 4. The number of hydrogen-bond donors (Lipinski definition) is 1. The minimum atomic E-state index is -0.209. The molecule has 0 aliphatic rings. The highest BCUT2D eigenvalue weighted by atomic mass is 16.5. The van der Waals surface area contributed by atoms with E-state index in [-0.39, 0.29) is 18.2 Å². The lowest BCUT2D eigenvalue weighted by atomic mass is 10.1. The molecule has 0 atom stereocenters. The number of amides is 2. The van der Waals surface area contributed by atoms with Gasteiger partial charge >= 0.3 is 0 Å². The third-order valence-corrected chi connectivity index (χ3v) is 4.33. The van der Waals surface area contributed by atoms with Gasteiger partial charge in [-0.2, -0.15) is 0 Å². The van der Waals surface area contributed by atoms with Gasteiger partial charge < -0.3 is 19.7 Å². The van der Waals surface area contributed by atoms with E-state index in [2.05, 4.69) is 5.32 Å². The molecule has 2 amide bonds. The minimum Gasteiger partial charge on any atom is -0.497 e.